The summed E-state index contributed by atoms with van der Waals surface area (Å²) in [4.78, 5) is 16.3. The molecule has 8 heteroatoms. The van der Waals surface area contributed by atoms with Gasteiger partial charge in [0.15, 0.2) is 5.03 Å². The first-order valence-electron chi connectivity index (χ1n) is 6.80. The number of nitrogens with zero attached hydrogens (tertiary/aromatic N) is 2. The third-order valence-corrected chi connectivity index (χ3v) is 3.98. The lowest BCUT2D eigenvalue weighted by Crippen LogP contribution is -2.43. The number of halogens is 1. The molecule has 1 aromatic heterocycles. The summed E-state index contributed by atoms with van der Waals surface area (Å²) in [6, 6.07) is -0.564. The van der Waals surface area contributed by atoms with E-state index in [1.807, 2.05) is 27.7 Å². The maximum Gasteiger partial charge on any atom is 0.280 e. The van der Waals surface area contributed by atoms with Gasteiger partial charge in [0.05, 0.1) is 0 Å². The Kier molecular flexibility index (Phi) is 5.44. The Morgan fingerprint density at radius 2 is 2.05 bits per heavy atom. The molecule has 0 aliphatic heterocycles. The Hall–Kier alpha value is -1.08. The first-order chi connectivity index (χ1) is 9.45. The maximum absolute atomic E-state index is 12.2. The van der Waals surface area contributed by atoms with E-state index < -0.39 is 15.1 Å². The zero-order valence-corrected chi connectivity index (χ0v) is 14.5. The van der Waals surface area contributed by atoms with Gasteiger partial charge in [-0.1, -0.05) is 6.92 Å². The molecule has 0 aromatic carbocycles. The number of hydrogen-bond acceptors (Lipinski definition) is 4. The molecule has 0 bridgehead atoms. The van der Waals surface area contributed by atoms with Crippen molar-refractivity contribution in [3.05, 3.63) is 12.0 Å². The molecule has 0 spiro atoms. The third kappa shape index (κ3) is 5.00. The third-order valence-electron chi connectivity index (χ3n) is 2.81. The van der Waals surface area contributed by atoms with Crippen molar-refractivity contribution in [2.24, 2.45) is 0 Å². The maximum atomic E-state index is 12.2. The minimum Gasteiger partial charge on any atom is -0.350 e. The molecule has 1 rings (SSSR count). The lowest BCUT2D eigenvalue weighted by Gasteiger charge is -2.24. The second kappa shape index (κ2) is 6.36. The normalized spacial score (nSPS) is 14.0. The number of aromatic nitrogens is 2. The van der Waals surface area contributed by atoms with Crippen LogP contribution in [0.2, 0.25) is 0 Å². The zero-order chi connectivity index (χ0) is 16.4. The molecule has 1 atom stereocenters. The van der Waals surface area contributed by atoms with Crippen molar-refractivity contribution in [3.63, 3.8) is 0 Å². The van der Waals surface area contributed by atoms with E-state index in [9.17, 15) is 13.2 Å². The molecular formula is C13H22ClN3O3S. The van der Waals surface area contributed by atoms with Gasteiger partial charge >= 0.3 is 0 Å². The lowest BCUT2D eigenvalue weighted by molar-refractivity contribution is -0.125. The fraction of sp³-hybridized carbons (Fsp3) is 0.692. The topological polar surface area (TPSA) is 81.1 Å². The largest absolute Gasteiger partial charge is 0.350 e. The molecule has 1 unspecified atom stereocenters. The number of imidazole rings is 1. The van der Waals surface area contributed by atoms with Gasteiger partial charge in [-0.25, -0.2) is 13.4 Å². The highest BCUT2D eigenvalue weighted by Gasteiger charge is 2.25. The number of rotatable bonds is 5. The van der Waals surface area contributed by atoms with E-state index in [2.05, 4.69) is 10.3 Å². The van der Waals surface area contributed by atoms with Crippen LogP contribution in [0.25, 0.3) is 0 Å². The predicted octanol–water partition coefficient (Wildman–Crippen LogP) is 2.24. The van der Waals surface area contributed by atoms with Crippen LogP contribution in [0.15, 0.2) is 11.2 Å². The van der Waals surface area contributed by atoms with Crippen LogP contribution < -0.4 is 5.32 Å². The van der Waals surface area contributed by atoms with E-state index in [1.54, 1.807) is 11.5 Å². The van der Waals surface area contributed by atoms with Crippen LogP contribution in [0.4, 0.5) is 0 Å². The van der Waals surface area contributed by atoms with Gasteiger partial charge in [-0.2, -0.15) is 0 Å². The lowest BCUT2D eigenvalue weighted by atomic mass is 10.1. The minimum atomic E-state index is -3.91. The number of nitrogens with one attached hydrogen (secondary N) is 1. The number of aryl methyl sites for hydroxylation is 1. The second-order valence-corrected chi connectivity index (χ2v) is 8.52. The highest BCUT2D eigenvalue weighted by molar-refractivity contribution is 8.13. The van der Waals surface area contributed by atoms with E-state index in [0.29, 0.717) is 12.2 Å². The van der Waals surface area contributed by atoms with Gasteiger partial charge in [0.25, 0.3) is 9.05 Å². The Morgan fingerprint density at radius 3 is 2.48 bits per heavy atom. The summed E-state index contributed by atoms with van der Waals surface area (Å²) < 4.78 is 24.4. The summed E-state index contributed by atoms with van der Waals surface area (Å²) in [6.07, 6.45) is 2.67. The molecule has 1 amide bonds. The van der Waals surface area contributed by atoms with Crippen molar-refractivity contribution in [2.45, 2.75) is 64.1 Å². The van der Waals surface area contributed by atoms with Crippen LogP contribution >= 0.6 is 10.7 Å². The van der Waals surface area contributed by atoms with E-state index in [1.165, 1.54) is 6.20 Å². The fourth-order valence-corrected chi connectivity index (χ4v) is 2.55. The van der Waals surface area contributed by atoms with Crippen LogP contribution in [-0.2, 0) is 20.3 Å². The van der Waals surface area contributed by atoms with Crippen molar-refractivity contribution >= 4 is 25.6 Å². The quantitative estimate of drug-likeness (QED) is 0.837. The van der Waals surface area contributed by atoms with Crippen LogP contribution in [-0.4, -0.2) is 29.4 Å². The van der Waals surface area contributed by atoms with Gasteiger partial charge in [-0.3, -0.25) is 4.79 Å². The molecule has 1 heterocycles. The van der Waals surface area contributed by atoms with E-state index >= 15 is 0 Å². The van der Waals surface area contributed by atoms with Gasteiger partial charge in [-0.15, -0.1) is 0 Å². The van der Waals surface area contributed by atoms with Crippen molar-refractivity contribution in [1.82, 2.24) is 14.9 Å². The minimum absolute atomic E-state index is 0.198. The summed E-state index contributed by atoms with van der Waals surface area (Å²) in [5.41, 5.74) is -0.363. The molecular weight excluding hydrogens is 314 g/mol. The molecule has 0 aliphatic carbocycles. The van der Waals surface area contributed by atoms with Crippen LogP contribution in [0.1, 0.15) is 52.9 Å². The number of hydrogen-bond donors (Lipinski definition) is 1. The zero-order valence-electron chi connectivity index (χ0n) is 13.0. The standard InChI is InChI=1S/C13H22ClN3O3S/c1-6-7-10-15-11(21(14,19)20)8-17(10)9(2)12(18)16-13(3,4)5/h8-9H,6-7H2,1-5H3,(H,16,18). The first-order valence-corrected chi connectivity index (χ1v) is 9.11. The Bertz CT molecular complexity index is 617. The molecule has 0 saturated heterocycles. The van der Waals surface area contributed by atoms with E-state index in [0.717, 1.165) is 6.42 Å². The van der Waals surface area contributed by atoms with E-state index in [-0.39, 0.29) is 16.5 Å². The molecule has 0 radical (unpaired) electrons. The predicted molar refractivity (Wildman–Crippen MR) is 81.9 cm³/mol. The number of carbonyl (C=O) groups excluding carboxylic acids is 1. The molecule has 21 heavy (non-hydrogen) atoms. The van der Waals surface area contributed by atoms with Crippen LogP contribution in [0, 0.1) is 0 Å². The fourth-order valence-electron chi connectivity index (χ4n) is 1.87. The average molecular weight is 336 g/mol. The van der Waals surface area contributed by atoms with Crippen LogP contribution in [0.3, 0.4) is 0 Å². The Labute approximate surface area is 130 Å². The molecule has 0 aliphatic rings. The highest BCUT2D eigenvalue weighted by Crippen LogP contribution is 2.20. The average Bonchev–Trinajstić information content (AvgIpc) is 2.70. The van der Waals surface area contributed by atoms with Crippen molar-refractivity contribution in [1.29, 1.82) is 0 Å². The molecule has 1 N–H and O–H groups in total. The second-order valence-electron chi connectivity index (χ2n) is 6.01. The molecule has 1 aromatic rings. The van der Waals surface area contributed by atoms with Crippen molar-refractivity contribution in [3.8, 4) is 0 Å². The van der Waals surface area contributed by atoms with Gasteiger partial charge < -0.3 is 9.88 Å². The van der Waals surface area contributed by atoms with Crippen molar-refractivity contribution in [2.75, 3.05) is 0 Å². The Morgan fingerprint density at radius 1 is 1.48 bits per heavy atom. The molecule has 0 saturated carbocycles. The van der Waals surface area contributed by atoms with Gasteiger partial charge in [0, 0.05) is 28.8 Å². The SMILES string of the molecule is CCCc1nc(S(=O)(=O)Cl)cn1C(C)C(=O)NC(C)(C)C. The van der Waals surface area contributed by atoms with Gasteiger partial charge in [-0.05, 0) is 34.1 Å². The van der Waals surface area contributed by atoms with Gasteiger partial charge in [0.1, 0.15) is 11.9 Å². The van der Waals surface area contributed by atoms with Crippen LogP contribution in [0.5, 0.6) is 0 Å². The Balaban J connectivity index is 3.16. The first kappa shape index (κ1) is 18.0. The molecule has 6 nitrogen and oxygen atoms in total. The summed E-state index contributed by atoms with van der Waals surface area (Å²) in [5, 5.41) is 2.65. The smallest absolute Gasteiger partial charge is 0.280 e. The monoisotopic (exact) mass is 335 g/mol. The van der Waals surface area contributed by atoms with Crippen molar-refractivity contribution < 1.29 is 13.2 Å². The van der Waals surface area contributed by atoms with Gasteiger partial charge in [0.2, 0.25) is 5.91 Å². The molecule has 0 fully saturated rings. The summed E-state index contributed by atoms with van der Waals surface area (Å²) >= 11 is 0. The summed E-state index contributed by atoms with van der Waals surface area (Å²) in [6.45, 7) is 9.30. The summed E-state index contributed by atoms with van der Waals surface area (Å²) in [7, 11) is 1.42. The molecule has 120 valence electrons. The van der Waals surface area contributed by atoms with E-state index in [4.69, 9.17) is 10.7 Å². The highest BCUT2D eigenvalue weighted by atomic mass is 35.7. The summed E-state index contributed by atoms with van der Waals surface area (Å²) in [5.74, 6) is 0.337. The number of carbonyl (C=O) groups is 1. The number of amides is 1.